The van der Waals surface area contributed by atoms with Crippen molar-refractivity contribution in [2.75, 3.05) is 27.2 Å². The molecule has 122 valence electrons. The molecule has 2 aromatic heterocycles. The molecule has 0 aliphatic rings. The number of benzene rings is 2. The maximum atomic E-state index is 5.91. The zero-order chi connectivity index (χ0) is 16.7. The average molecular weight is 336 g/mol. The predicted molar refractivity (Wildman–Crippen MR) is 103 cm³/mol. The Morgan fingerprint density at radius 1 is 1.08 bits per heavy atom. The van der Waals surface area contributed by atoms with Gasteiger partial charge in [0.15, 0.2) is 0 Å². The molecular weight excluding hydrogens is 316 g/mol. The second-order valence-electron chi connectivity index (χ2n) is 6.39. The van der Waals surface area contributed by atoms with E-state index in [2.05, 4.69) is 61.2 Å². The van der Waals surface area contributed by atoms with E-state index in [1.165, 1.54) is 36.5 Å². The molecule has 0 unspecified atom stereocenters. The second kappa shape index (κ2) is 6.04. The summed E-state index contributed by atoms with van der Waals surface area (Å²) in [7, 11) is 4.11. The summed E-state index contributed by atoms with van der Waals surface area (Å²) in [5, 5.41) is 5.05. The van der Waals surface area contributed by atoms with Crippen LogP contribution >= 0.6 is 11.3 Å². The third-order valence-electron chi connectivity index (χ3n) is 4.40. The van der Waals surface area contributed by atoms with Gasteiger partial charge in [-0.05, 0) is 62.3 Å². The van der Waals surface area contributed by atoms with Gasteiger partial charge in [0.1, 0.15) is 12.4 Å². The van der Waals surface area contributed by atoms with Gasteiger partial charge in [-0.15, -0.1) is 11.3 Å². The zero-order valence-corrected chi connectivity index (χ0v) is 15.0. The van der Waals surface area contributed by atoms with Crippen molar-refractivity contribution in [1.29, 1.82) is 0 Å². The van der Waals surface area contributed by atoms with E-state index >= 15 is 0 Å². The highest BCUT2D eigenvalue weighted by molar-refractivity contribution is 7.26. The summed E-state index contributed by atoms with van der Waals surface area (Å²) in [4.78, 5) is 6.40. The molecule has 4 heteroatoms. The SMILES string of the molecule is Cc1c2ccncc2cc2c1sc1ccc(OCCN(C)C)cc12. The van der Waals surface area contributed by atoms with Crippen LogP contribution in [0.2, 0.25) is 0 Å². The van der Waals surface area contributed by atoms with Gasteiger partial charge in [0.05, 0.1) is 0 Å². The molecule has 0 amide bonds. The van der Waals surface area contributed by atoms with E-state index in [-0.39, 0.29) is 0 Å². The molecule has 0 bridgehead atoms. The fraction of sp³-hybridized carbons (Fsp3) is 0.250. The van der Waals surface area contributed by atoms with Gasteiger partial charge >= 0.3 is 0 Å². The van der Waals surface area contributed by atoms with Crippen LogP contribution in [0, 0.1) is 6.92 Å². The van der Waals surface area contributed by atoms with E-state index in [4.69, 9.17) is 4.74 Å². The minimum Gasteiger partial charge on any atom is -0.492 e. The maximum Gasteiger partial charge on any atom is 0.120 e. The van der Waals surface area contributed by atoms with Crippen LogP contribution in [0.3, 0.4) is 0 Å². The molecular formula is C20H20N2OS. The fourth-order valence-corrected chi connectivity index (χ4v) is 4.27. The Labute approximate surface area is 145 Å². The number of aryl methyl sites for hydroxylation is 1. The summed E-state index contributed by atoms with van der Waals surface area (Å²) in [5.41, 5.74) is 1.33. The summed E-state index contributed by atoms with van der Waals surface area (Å²) < 4.78 is 8.57. The van der Waals surface area contributed by atoms with Crippen molar-refractivity contribution >= 4 is 42.3 Å². The highest BCUT2D eigenvalue weighted by atomic mass is 32.1. The first-order valence-corrected chi connectivity index (χ1v) is 8.92. The lowest BCUT2D eigenvalue weighted by Crippen LogP contribution is -2.19. The van der Waals surface area contributed by atoms with Crippen LogP contribution in [-0.2, 0) is 0 Å². The quantitative estimate of drug-likeness (QED) is 0.532. The van der Waals surface area contributed by atoms with Gasteiger partial charge in [-0.25, -0.2) is 0 Å². The van der Waals surface area contributed by atoms with Crippen LogP contribution in [-0.4, -0.2) is 37.1 Å². The number of fused-ring (bicyclic) bond motifs is 4. The van der Waals surface area contributed by atoms with Crippen molar-refractivity contribution < 1.29 is 4.74 Å². The molecule has 3 nitrogen and oxygen atoms in total. The number of aromatic nitrogens is 1. The van der Waals surface area contributed by atoms with Crippen molar-refractivity contribution in [2.24, 2.45) is 0 Å². The Bertz CT molecular complexity index is 1040. The Kier molecular flexibility index (Phi) is 3.87. The maximum absolute atomic E-state index is 5.91. The van der Waals surface area contributed by atoms with Gasteiger partial charge in [0.2, 0.25) is 0 Å². The summed E-state index contributed by atoms with van der Waals surface area (Å²) in [6, 6.07) is 10.8. The largest absolute Gasteiger partial charge is 0.492 e. The summed E-state index contributed by atoms with van der Waals surface area (Å²) >= 11 is 1.86. The van der Waals surface area contributed by atoms with E-state index < -0.39 is 0 Å². The van der Waals surface area contributed by atoms with Gasteiger partial charge in [-0.3, -0.25) is 4.98 Å². The van der Waals surface area contributed by atoms with Crippen molar-refractivity contribution in [3.05, 3.63) is 48.3 Å². The van der Waals surface area contributed by atoms with Crippen LogP contribution in [0.4, 0.5) is 0 Å². The molecule has 0 spiro atoms. The molecule has 2 heterocycles. The number of likely N-dealkylation sites (N-methyl/N-ethyl adjacent to an activating group) is 1. The molecule has 4 aromatic rings. The topological polar surface area (TPSA) is 25.4 Å². The van der Waals surface area contributed by atoms with Crippen LogP contribution in [0.5, 0.6) is 5.75 Å². The Morgan fingerprint density at radius 2 is 1.96 bits per heavy atom. The molecule has 0 saturated heterocycles. The van der Waals surface area contributed by atoms with Crippen molar-refractivity contribution in [3.63, 3.8) is 0 Å². The third kappa shape index (κ3) is 2.62. The van der Waals surface area contributed by atoms with Gasteiger partial charge in [0.25, 0.3) is 0 Å². The Hall–Kier alpha value is -2.17. The Balaban J connectivity index is 1.85. The third-order valence-corrected chi connectivity index (χ3v) is 5.71. The normalized spacial score (nSPS) is 11.8. The number of nitrogens with zero attached hydrogens (tertiary/aromatic N) is 2. The minimum atomic E-state index is 0.701. The molecule has 0 fully saturated rings. The van der Waals surface area contributed by atoms with Crippen molar-refractivity contribution in [1.82, 2.24) is 9.88 Å². The van der Waals surface area contributed by atoms with Gasteiger partial charge < -0.3 is 9.64 Å². The lowest BCUT2D eigenvalue weighted by Gasteiger charge is -2.11. The summed E-state index contributed by atoms with van der Waals surface area (Å²) in [6.45, 7) is 3.82. The predicted octanol–water partition coefficient (Wildman–Crippen LogP) is 4.85. The lowest BCUT2D eigenvalue weighted by atomic mass is 10.0. The number of ether oxygens (including phenoxy) is 1. The first-order chi connectivity index (χ1) is 11.6. The van der Waals surface area contributed by atoms with Gasteiger partial charge in [-0.2, -0.15) is 0 Å². The number of hydrogen-bond donors (Lipinski definition) is 0. The number of rotatable bonds is 4. The average Bonchev–Trinajstić information content (AvgIpc) is 2.93. The van der Waals surface area contributed by atoms with Crippen LogP contribution < -0.4 is 4.74 Å². The first-order valence-electron chi connectivity index (χ1n) is 8.10. The molecule has 0 saturated carbocycles. The van der Waals surface area contributed by atoms with Crippen LogP contribution in [0.1, 0.15) is 5.56 Å². The minimum absolute atomic E-state index is 0.701. The smallest absolute Gasteiger partial charge is 0.120 e. The fourth-order valence-electron chi connectivity index (χ4n) is 3.09. The van der Waals surface area contributed by atoms with Crippen LogP contribution in [0.25, 0.3) is 30.9 Å². The Morgan fingerprint density at radius 3 is 2.79 bits per heavy atom. The molecule has 0 aliphatic heterocycles. The molecule has 24 heavy (non-hydrogen) atoms. The molecule has 0 aliphatic carbocycles. The van der Waals surface area contributed by atoms with Gasteiger partial charge in [-0.1, -0.05) is 0 Å². The molecule has 0 N–H and O–H groups in total. The molecule has 2 aromatic carbocycles. The highest BCUT2D eigenvalue weighted by Gasteiger charge is 2.11. The highest BCUT2D eigenvalue weighted by Crippen LogP contribution is 2.40. The lowest BCUT2D eigenvalue weighted by molar-refractivity contribution is 0.261. The van der Waals surface area contributed by atoms with E-state index in [0.717, 1.165) is 12.3 Å². The number of hydrogen-bond acceptors (Lipinski definition) is 4. The van der Waals surface area contributed by atoms with E-state index in [1.54, 1.807) is 0 Å². The standard InChI is InChI=1S/C20H20N2OS/c1-13-16-6-7-21-12-14(16)10-18-17-11-15(23-9-8-22(2)3)4-5-19(17)24-20(13)18/h4-7,10-12H,8-9H2,1-3H3. The molecule has 0 radical (unpaired) electrons. The van der Waals surface area contributed by atoms with Crippen molar-refractivity contribution in [3.8, 4) is 5.75 Å². The second-order valence-corrected chi connectivity index (χ2v) is 7.44. The van der Waals surface area contributed by atoms with Crippen molar-refractivity contribution in [2.45, 2.75) is 6.92 Å². The first kappa shape index (κ1) is 15.4. The molecule has 4 rings (SSSR count). The summed E-state index contributed by atoms with van der Waals surface area (Å²) in [5.74, 6) is 0.938. The zero-order valence-electron chi connectivity index (χ0n) is 14.2. The number of thiophene rings is 1. The number of pyridine rings is 1. The van der Waals surface area contributed by atoms with Crippen LogP contribution in [0.15, 0.2) is 42.7 Å². The van der Waals surface area contributed by atoms with E-state index in [0.29, 0.717) is 6.61 Å². The molecule has 0 atom stereocenters. The van der Waals surface area contributed by atoms with E-state index in [1.807, 2.05) is 23.7 Å². The monoisotopic (exact) mass is 336 g/mol. The van der Waals surface area contributed by atoms with Gasteiger partial charge in [0, 0.05) is 44.5 Å². The van der Waals surface area contributed by atoms with E-state index in [9.17, 15) is 0 Å². The summed E-state index contributed by atoms with van der Waals surface area (Å²) in [6.07, 6.45) is 3.81.